The molecule has 4 aromatic carbocycles. The van der Waals surface area contributed by atoms with Gasteiger partial charge in [-0.25, -0.2) is 29.9 Å². The quantitative estimate of drug-likeness (QED) is 0.0350. The van der Waals surface area contributed by atoms with Crippen LogP contribution < -0.4 is 18.9 Å². The molecule has 144 heavy (non-hydrogen) atoms. The van der Waals surface area contributed by atoms with Gasteiger partial charge < -0.3 is 180 Å². The van der Waals surface area contributed by atoms with Crippen LogP contribution in [0.1, 0.15) is 0 Å². The lowest BCUT2D eigenvalue weighted by Gasteiger charge is -2.22. The predicted molar refractivity (Wildman–Crippen MR) is 528 cm³/mol. The molecule has 0 saturated heterocycles. The highest BCUT2D eigenvalue weighted by atomic mass is 16.6. The van der Waals surface area contributed by atoms with Crippen molar-refractivity contribution in [3.8, 4) is 68.5 Å². The fraction of sp³-hybridized carbons (Fsp3) is 0.680. The van der Waals surface area contributed by atoms with E-state index in [0.29, 0.717) is 374 Å². The van der Waals surface area contributed by atoms with Crippen LogP contribution >= 0.6 is 0 Å². The van der Waals surface area contributed by atoms with E-state index in [1.54, 1.807) is 28.4 Å². The Morgan fingerprint density at radius 2 is 0.292 bits per heavy atom. The van der Waals surface area contributed by atoms with Crippen molar-refractivity contribution in [2.45, 2.75) is 0 Å². The second-order valence-corrected chi connectivity index (χ2v) is 30.8. The lowest BCUT2D eigenvalue weighted by atomic mass is 10.1. The smallest absolute Gasteiger partial charge is 0.208 e. The topological polar surface area (TPSA) is 441 Å². The molecule has 44 nitrogen and oxygen atoms in total. The minimum atomic E-state index is -0.0423. The third-order valence-corrected chi connectivity index (χ3v) is 20.4. The highest BCUT2D eigenvalue weighted by molar-refractivity contribution is 6.14. The summed E-state index contributed by atoms with van der Waals surface area (Å²) in [6.45, 7) is 23.1. The average molecular weight is 2040 g/mol. The van der Waals surface area contributed by atoms with Gasteiger partial charge in [-0.2, -0.15) is 0 Å². The summed E-state index contributed by atoms with van der Waals surface area (Å²) in [6, 6.07) is 23.4. The van der Waals surface area contributed by atoms with Crippen LogP contribution in [0.15, 0.2) is 72.8 Å². The largest absolute Gasteiger partial charge is 0.486 e. The Kier molecular flexibility index (Phi) is 68.2. The maximum atomic E-state index is 7.13. The van der Waals surface area contributed by atoms with Gasteiger partial charge in [0, 0.05) is 61.5 Å². The average Bonchev–Trinajstić information content (AvgIpc) is 1.57. The molecule has 0 saturated carbocycles. The molecule has 0 unspecified atom stereocenters. The Bertz CT molecular complexity index is 4260. The molecule has 0 fully saturated rings. The first-order valence-corrected chi connectivity index (χ1v) is 49.6. The van der Waals surface area contributed by atoms with E-state index in [1.165, 1.54) is 0 Å². The Hall–Kier alpha value is -7.84. The number of H-pyrrole nitrogens is 2. The Labute approximate surface area is 843 Å². The number of aromatic nitrogens is 8. The molecule has 3 aromatic heterocycles. The summed E-state index contributed by atoms with van der Waals surface area (Å²) >= 11 is 0. The molecule has 5 heterocycles. The molecule has 9 rings (SSSR count). The molecule has 8 bridgehead atoms. The van der Waals surface area contributed by atoms with Crippen LogP contribution in [0, 0.1) is 0 Å². The highest BCUT2D eigenvalue weighted by Gasteiger charge is 2.32. The highest BCUT2D eigenvalue weighted by Crippen LogP contribution is 2.54. The number of hydrogen-bond acceptors (Lipinski definition) is 42. The lowest BCUT2D eigenvalue weighted by molar-refractivity contribution is -0.0231. The molecule has 0 amide bonds. The number of nitrogens with one attached hydrogen (secondary N) is 2. The minimum Gasteiger partial charge on any atom is -0.486 e. The maximum Gasteiger partial charge on any atom is 0.208 e. The van der Waals surface area contributed by atoms with Crippen molar-refractivity contribution in [3.63, 3.8) is 0 Å². The van der Waals surface area contributed by atoms with Crippen LogP contribution in [0.4, 0.5) is 0 Å². The summed E-state index contributed by atoms with van der Waals surface area (Å²) in [4.78, 5) is 39.1. The van der Waals surface area contributed by atoms with Gasteiger partial charge in [0.05, 0.1) is 407 Å². The van der Waals surface area contributed by atoms with E-state index in [1.807, 2.05) is 72.8 Å². The van der Waals surface area contributed by atoms with E-state index < -0.39 is 0 Å². The zero-order valence-corrected chi connectivity index (χ0v) is 84.6. The second-order valence-electron chi connectivity index (χ2n) is 30.8. The monoisotopic (exact) mass is 2040 g/mol. The third-order valence-electron chi connectivity index (χ3n) is 20.4. The van der Waals surface area contributed by atoms with Gasteiger partial charge in [-0.3, -0.25) is 0 Å². The van der Waals surface area contributed by atoms with E-state index in [4.69, 9.17) is 200 Å². The number of nitrogens with zero attached hydrogens (tertiary/aromatic N) is 6. The number of hydrogen-bond donors (Lipinski definition) is 2. The fourth-order valence-electron chi connectivity index (χ4n) is 13.4. The molecular formula is C100H154N8O36. The number of rotatable bonds is 100. The van der Waals surface area contributed by atoms with Gasteiger partial charge in [-0.05, 0) is 0 Å². The van der Waals surface area contributed by atoms with Crippen molar-refractivity contribution < 1.29 is 171 Å². The number of ether oxygens (including phenoxy) is 36. The molecule has 44 heteroatoms. The van der Waals surface area contributed by atoms with E-state index in [-0.39, 0.29) is 140 Å². The molecule has 0 spiro atoms. The van der Waals surface area contributed by atoms with Gasteiger partial charge in [-0.15, -0.1) is 0 Å². The van der Waals surface area contributed by atoms with Gasteiger partial charge in [0.15, 0.2) is 34.8 Å². The normalized spacial score (nSPS) is 11.9. The molecule has 0 aliphatic carbocycles. The van der Waals surface area contributed by atoms with Gasteiger partial charge in [0.25, 0.3) is 0 Å². The second kappa shape index (κ2) is 82.1. The van der Waals surface area contributed by atoms with Gasteiger partial charge in [0.1, 0.15) is 49.0 Å². The number of methoxy groups -OCH3 is 4. The van der Waals surface area contributed by atoms with Crippen molar-refractivity contribution in [1.82, 2.24) is 39.9 Å². The Balaban J connectivity index is 0.926. The third kappa shape index (κ3) is 50.4. The molecule has 0 atom stereocenters. The first-order chi connectivity index (χ1) is 71.6. The van der Waals surface area contributed by atoms with Crippen LogP contribution in [0.2, 0.25) is 0 Å². The van der Waals surface area contributed by atoms with Crippen molar-refractivity contribution in [3.05, 3.63) is 72.8 Å². The molecule has 0 radical (unpaired) electrons. The van der Waals surface area contributed by atoms with Crippen LogP contribution in [0.5, 0.6) is 23.0 Å². The van der Waals surface area contributed by atoms with Crippen molar-refractivity contribution in [2.24, 2.45) is 0 Å². The predicted octanol–water partition coefficient (Wildman–Crippen LogP) is 7.43. The molecule has 2 aliphatic heterocycles. The van der Waals surface area contributed by atoms with Crippen LogP contribution in [0.25, 0.3) is 89.7 Å². The van der Waals surface area contributed by atoms with Crippen molar-refractivity contribution >= 4 is 44.1 Å². The molecular weight excluding hydrogens is 1890 g/mol. The lowest BCUT2D eigenvalue weighted by Crippen LogP contribution is -2.17. The van der Waals surface area contributed by atoms with Crippen molar-refractivity contribution in [2.75, 3.05) is 451 Å². The summed E-state index contributed by atoms with van der Waals surface area (Å²) in [5, 5.41) is 2.37. The number of benzene rings is 4. The Morgan fingerprint density at radius 3 is 0.465 bits per heavy atom. The molecule has 7 aromatic rings. The van der Waals surface area contributed by atoms with Crippen molar-refractivity contribution in [1.29, 1.82) is 0 Å². The van der Waals surface area contributed by atoms with E-state index in [9.17, 15) is 0 Å². The summed E-state index contributed by atoms with van der Waals surface area (Å²) in [6.07, 6.45) is 0. The van der Waals surface area contributed by atoms with Crippen LogP contribution in [-0.4, -0.2) is 491 Å². The van der Waals surface area contributed by atoms with E-state index in [2.05, 4.69) is 9.97 Å². The minimum absolute atomic E-state index is 0.0360. The summed E-state index contributed by atoms with van der Waals surface area (Å²) in [5.41, 5.74) is 4.41. The standard InChI is InChI=1S/C100H154N8O36/c1-109-17-21-113-25-29-117-33-37-121-41-45-125-49-53-129-57-61-133-65-69-137-73-77-141-89-87-88(100-107-98-86-16-10-8-14-84(86)96(105-98)103-94-82-12-6-5-11-81(82)93(101-94)102-95-83-13-7-9-15-85(83)97(104-95)106-99(87)108-100)90(142-78-74-138-70-66-134-62-58-130-54-50-126-46-42-122-38-34-118-30-26-114-22-18-110-2)92(144-80-76-140-72-68-136-64-60-132-56-52-128-48-44-124-40-36-120-32-28-116-24-20-112-4)91(89)143-79-75-139-71-67-135-63-59-131-55-51-127-47-43-123-39-35-119-31-27-115-23-19-111-3/h5-16H,17-80H2,1-4H3,(H2,101,102,103,104,105,106,107,108). The molecule has 2 aliphatic rings. The Morgan fingerprint density at radius 1 is 0.153 bits per heavy atom. The maximum absolute atomic E-state index is 7.13. The SMILES string of the molecule is COCCOCCOCCOCCOCCOCCOCCOCCOc1c(OCCOCCOCCOCCOCCOCCOCCOCCOC)c(OCCOCCOCCOCCOCCOCCOCCOCCOC)c2c3nc4nc(nc5[nH]c(nc6nc(nc([nH]3)c2c1OCCOCCOCCOCCOCCOCCOCCOCCOC)-c1ccccc1-6)c1ccccc51)-c1ccccc1-4. The summed E-state index contributed by atoms with van der Waals surface area (Å²) in [5.74, 6) is 2.02. The van der Waals surface area contributed by atoms with Crippen LogP contribution in [0.3, 0.4) is 0 Å². The molecule has 2 N–H and O–H groups in total. The first-order valence-electron chi connectivity index (χ1n) is 49.6. The summed E-state index contributed by atoms with van der Waals surface area (Å²) in [7, 11) is 6.54. The summed E-state index contributed by atoms with van der Waals surface area (Å²) < 4.78 is 209. The van der Waals surface area contributed by atoms with E-state index >= 15 is 0 Å². The fourth-order valence-corrected chi connectivity index (χ4v) is 13.4. The van der Waals surface area contributed by atoms with E-state index in [0.717, 1.165) is 21.9 Å². The van der Waals surface area contributed by atoms with Crippen LogP contribution in [-0.2, 0) is 152 Å². The number of aromatic amines is 2. The number of fused-ring (bicyclic) bond motifs is 20. The van der Waals surface area contributed by atoms with Gasteiger partial charge in [0.2, 0.25) is 11.5 Å². The zero-order chi connectivity index (χ0) is 100. The van der Waals surface area contributed by atoms with Gasteiger partial charge in [-0.1, -0.05) is 72.8 Å². The van der Waals surface area contributed by atoms with Gasteiger partial charge >= 0.3 is 0 Å². The molecule has 810 valence electrons. The zero-order valence-electron chi connectivity index (χ0n) is 84.6. The first kappa shape index (κ1) is 120.